The Kier molecular flexibility index (Phi) is 7.25. The van der Waals surface area contributed by atoms with Gasteiger partial charge in [-0.3, -0.25) is 4.79 Å². The molecule has 0 saturated carbocycles. The van der Waals surface area contributed by atoms with E-state index < -0.39 is 18.0 Å². The van der Waals surface area contributed by atoms with Gasteiger partial charge in [0.05, 0.1) is 20.8 Å². The first kappa shape index (κ1) is 20.3. The van der Waals surface area contributed by atoms with Crippen molar-refractivity contribution in [2.75, 3.05) is 20.8 Å². The Morgan fingerprint density at radius 1 is 1.19 bits per heavy atom. The molecule has 0 spiro atoms. The van der Waals surface area contributed by atoms with E-state index in [4.69, 9.17) is 24.4 Å². The molecule has 0 amide bonds. The van der Waals surface area contributed by atoms with Crippen LogP contribution in [0.5, 0.6) is 11.5 Å². The molecule has 1 heterocycles. The van der Waals surface area contributed by atoms with Crippen LogP contribution >= 0.6 is 0 Å². The highest BCUT2D eigenvalue weighted by Gasteiger charge is 2.20. The van der Waals surface area contributed by atoms with Crippen molar-refractivity contribution in [3.8, 4) is 11.5 Å². The molecule has 0 fully saturated rings. The SMILES string of the molecule is CCOC(=O)C(N)Cc1cccc(OC)c1OCc1ccc(C(=O)OC)o1. The smallest absolute Gasteiger partial charge is 0.373 e. The molecule has 8 nitrogen and oxygen atoms in total. The zero-order valence-electron chi connectivity index (χ0n) is 15.5. The molecule has 146 valence electrons. The minimum absolute atomic E-state index is 0.0546. The van der Waals surface area contributed by atoms with Gasteiger partial charge in [0, 0.05) is 12.0 Å². The average Bonchev–Trinajstić information content (AvgIpc) is 3.15. The Hall–Kier alpha value is -3.00. The summed E-state index contributed by atoms with van der Waals surface area (Å²) in [5, 5.41) is 0. The Labute approximate surface area is 157 Å². The maximum atomic E-state index is 11.8. The second-order valence-electron chi connectivity index (χ2n) is 5.56. The van der Waals surface area contributed by atoms with E-state index >= 15 is 0 Å². The van der Waals surface area contributed by atoms with Gasteiger partial charge in [0.1, 0.15) is 18.4 Å². The van der Waals surface area contributed by atoms with Gasteiger partial charge in [-0.2, -0.15) is 0 Å². The zero-order valence-corrected chi connectivity index (χ0v) is 15.5. The number of carbonyl (C=O) groups is 2. The molecule has 2 aromatic rings. The van der Waals surface area contributed by atoms with Gasteiger partial charge < -0.3 is 29.1 Å². The van der Waals surface area contributed by atoms with Crippen molar-refractivity contribution in [2.24, 2.45) is 5.73 Å². The van der Waals surface area contributed by atoms with E-state index in [1.54, 1.807) is 31.2 Å². The molecule has 0 aliphatic rings. The summed E-state index contributed by atoms with van der Waals surface area (Å²) in [6, 6.07) is 7.60. The summed E-state index contributed by atoms with van der Waals surface area (Å²) in [6.45, 7) is 2.03. The van der Waals surface area contributed by atoms with Crippen LogP contribution in [0.1, 0.15) is 28.8 Å². The Morgan fingerprint density at radius 3 is 2.63 bits per heavy atom. The molecule has 0 saturated heterocycles. The van der Waals surface area contributed by atoms with Gasteiger partial charge in [-0.15, -0.1) is 0 Å². The summed E-state index contributed by atoms with van der Waals surface area (Å²) in [7, 11) is 2.79. The van der Waals surface area contributed by atoms with E-state index in [0.717, 1.165) is 0 Å². The summed E-state index contributed by atoms with van der Waals surface area (Å²) in [5.74, 6) is 0.390. The lowest BCUT2D eigenvalue weighted by Gasteiger charge is -2.16. The predicted molar refractivity (Wildman–Crippen MR) is 95.7 cm³/mol. The first-order valence-corrected chi connectivity index (χ1v) is 8.38. The molecule has 2 rings (SSSR count). The van der Waals surface area contributed by atoms with Crippen LogP contribution in [-0.2, 0) is 27.3 Å². The lowest BCUT2D eigenvalue weighted by molar-refractivity contribution is -0.144. The van der Waals surface area contributed by atoms with Gasteiger partial charge in [0.2, 0.25) is 5.76 Å². The number of benzene rings is 1. The molecule has 27 heavy (non-hydrogen) atoms. The van der Waals surface area contributed by atoms with Gasteiger partial charge in [-0.25, -0.2) is 4.79 Å². The van der Waals surface area contributed by atoms with Crippen LogP contribution in [0.15, 0.2) is 34.7 Å². The molecular formula is C19H23NO7. The van der Waals surface area contributed by atoms with Crippen LogP contribution in [0.3, 0.4) is 0 Å². The number of hydrogen-bond donors (Lipinski definition) is 1. The number of rotatable bonds is 9. The van der Waals surface area contributed by atoms with E-state index in [9.17, 15) is 9.59 Å². The standard InChI is InChI=1S/C19H23NO7/c1-4-25-18(21)14(20)10-12-6-5-7-15(23-2)17(12)26-11-13-8-9-16(27-13)19(22)24-3/h5-9,14H,4,10-11,20H2,1-3H3. The summed E-state index contributed by atoms with van der Waals surface area (Å²) in [5.41, 5.74) is 6.60. The predicted octanol–water partition coefficient (Wildman–Crippen LogP) is 2.09. The number of ether oxygens (including phenoxy) is 4. The van der Waals surface area contributed by atoms with Crippen molar-refractivity contribution in [3.05, 3.63) is 47.4 Å². The minimum atomic E-state index is -0.825. The van der Waals surface area contributed by atoms with Gasteiger partial charge in [0.15, 0.2) is 11.5 Å². The molecule has 0 aliphatic heterocycles. The maximum absolute atomic E-state index is 11.8. The van der Waals surface area contributed by atoms with Crippen molar-refractivity contribution < 1.29 is 33.0 Å². The van der Waals surface area contributed by atoms with Crippen LogP contribution in [0.4, 0.5) is 0 Å². The fourth-order valence-corrected chi connectivity index (χ4v) is 2.43. The molecule has 1 atom stereocenters. The van der Waals surface area contributed by atoms with E-state index in [-0.39, 0.29) is 25.4 Å². The van der Waals surface area contributed by atoms with Crippen LogP contribution in [0.25, 0.3) is 0 Å². The second kappa shape index (κ2) is 9.63. The highest BCUT2D eigenvalue weighted by Crippen LogP contribution is 2.32. The fourth-order valence-electron chi connectivity index (χ4n) is 2.43. The van der Waals surface area contributed by atoms with Crippen LogP contribution < -0.4 is 15.2 Å². The van der Waals surface area contributed by atoms with Crippen LogP contribution in [-0.4, -0.2) is 38.8 Å². The number of esters is 2. The van der Waals surface area contributed by atoms with Crippen molar-refractivity contribution in [1.29, 1.82) is 0 Å². The third-order valence-corrected chi connectivity index (χ3v) is 3.72. The minimum Gasteiger partial charge on any atom is -0.493 e. The summed E-state index contributed by atoms with van der Waals surface area (Å²) >= 11 is 0. The monoisotopic (exact) mass is 377 g/mol. The fraction of sp³-hybridized carbons (Fsp3) is 0.368. The molecule has 1 unspecified atom stereocenters. The number of nitrogens with two attached hydrogens (primary N) is 1. The molecular weight excluding hydrogens is 354 g/mol. The van der Waals surface area contributed by atoms with E-state index in [0.29, 0.717) is 22.8 Å². The number of methoxy groups -OCH3 is 2. The number of furan rings is 1. The topological polar surface area (TPSA) is 110 Å². The molecule has 2 N–H and O–H groups in total. The van der Waals surface area contributed by atoms with Gasteiger partial charge in [0.25, 0.3) is 0 Å². The van der Waals surface area contributed by atoms with E-state index in [1.165, 1.54) is 20.3 Å². The quantitative estimate of drug-likeness (QED) is 0.662. The third-order valence-electron chi connectivity index (χ3n) is 3.72. The van der Waals surface area contributed by atoms with Gasteiger partial charge in [-0.05, 0) is 25.1 Å². The maximum Gasteiger partial charge on any atom is 0.373 e. The number of para-hydroxylation sites is 1. The average molecular weight is 377 g/mol. The normalized spacial score (nSPS) is 11.6. The van der Waals surface area contributed by atoms with Crippen LogP contribution in [0.2, 0.25) is 0 Å². The highest BCUT2D eigenvalue weighted by molar-refractivity contribution is 5.86. The lowest BCUT2D eigenvalue weighted by Crippen LogP contribution is -2.34. The van der Waals surface area contributed by atoms with Gasteiger partial charge in [-0.1, -0.05) is 12.1 Å². The number of carbonyl (C=O) groups excluding carboxylic acids is 2. The molecule has 0 bridgehead atoms. The summed E-state index contributed by atoms with van der Waals surface area (Å²) in [6.07, 6.45) is 0.219. The summed E-state index contributed by atoms with van der Waals surface area (Å²) < 4.78 is 26.1. The second-order valence-corrected chi connectivity index (χ2v) is 5.56. The van der Waals surface area contributed by atoms with Crippen molar-refractivity contribution >= 4 is 11.9 Å². The lowest BCUT2D eigenvalue weighted by atomic mass is 10.0. The Morgan fingerprint density at radius 2 is 1.96 bits per heavy atom. The Balaban J connectivity index is 2.15. The first-order valence-electron chi connectivity index (χ1n) is 8.38. The van der Waals surface area contributed by atoms with Crippen molar-refractivity contribution in [1.82, 2.24) is 0 Å². The summed E-state index contributed by atoms with van der Waals surface area (Å²) in [4.78, 5) is 23.3. The Bertz CT molecular complexity index is 784. The van der Waals surface area contributed by atoms with Crippen LogP contribution in [0, 0.1) is 0 Å². The molecule has 0 radical (unpaired) electrons. The first-order chi connectivity index (χ1) is 13.0. The number of hydrogen-bond acceptors (Lipinski definition) is 8. The zero-order chi connectivity index (χ0) is 19.8. The molecule has 0 aliphatic carbocycles. The largest absolute Gasteiger partial charge is 0.493 e. The van der Waals surface area contributed by atoms with Gasteiger partial charge >= 0.3 is 11.9 Å². The molecule has 8 heteroatoms. The third kappa shape index (κ3) is 5.24. The molecule has 1 aromatic carbocycles. The van der Waals surface area contributed by atoms with E-state index in [2.05, 4.69) is 4.74 Å². The van der Waals surface area contributed by atoms with Crippen molar-refractivity contribution in [2.45, 2.75) is 26.0 Å². The highest BCUT2D eigenvalue weighted by atomic mass is 16.5. The van der Waals surface area contributed by atoms with E-state index in [1.807, 2.05) is 0 Å². The van der Waals surface area contributed by atoms with Crippen molar-refractivity contribution in [3.63, 3.8) is 0 Å². The molecule has 1 aromatic heterocycles.